The van der Waals surface area contributed by atoms with Crippen molar-refractivity contribution in [3.8, 4) is 0 Å². The minimum atomic E-state index is -0.595. The summed E-state index contributed by atoms with van der Waals surface area (Å²) in [5.74, 6) is 2.28. The fraction of sp³-hybridized carbons (Fsp3) is 0.320. The predicted octanol–water partition coefficient (Wildman–Crippen LogP) is 6.46. The van der Waals surface area contributed by atoms with Crippen LogP contribution in [-0.2, 0) is 23.8 Å². The van der Waals surface area contributed by atoms with Crippen molar-refractivity contribution in [3.05, 3.63) is 97.8 Å². The van der Waals surface area contributed by atoms with E-state index in [1.54, 1.807) is 20.0 Å². The second kappa shape index (κ2) is 22.4. The maximum atomic E-state index is 5.42. The molecule has 1 aromatic rings. The van der Waals surface area contributed by atoms with Crippen molar-refractivity contribution in [1.82, 2.24) is 0 Å². The van der Waals surface area contributed by atoms with E-state index in [4.69, 9.17) is 3.79 Å². The number of hydrogen-bond acceptors (Lipinski definition) is 1. The summed E-state index contributed by atoms with van der Waals surface area (Å²) < 4.78 is 5.42. The van der Waals surface area contributed by atoms with Crippen LogP contribution in [0, 0.1) is 25.5 Å². The van der Waals surface area contributed by atoms with E-state index in [0.717, 1.165) is 25.9 Å². The third-order valence-electron chi connectivity index (χ3n) is 3.76. The second-order valence-electron chi connectivity index (χ2n) is 6.09. The fourth-order valence-corrected chi connectivity index (χ4v) is 3.94. The number of allylic oxidation sites excluding steroid dienone is 8. The Morgan fingerprint density at radius 1 is 1.07 bits per heavy atom. The van der Waals surface area contributed by atoms with Crippen LogP contribution in [0.3, 0.4) is 0 Å². The van der Waals surface area contributed by atoms with Crippen LogP contribution in [0.4, 0.5) is 0 Å². The van der Waals surface area contributed by atoms with Gasteiger partial charge in [-0.25, -0.2) is 37.1 Å². The minimum absolute atomic E-state index is 0.595. The Kier molecular flexibility index (Phi) is 21.7. The summed E-state index contributed by atoms with van der Waals surface area (Å²) in [5.41, 5.74) is 1.26. The van der Waals surface area contributed by atoms with E-state index >= 15 is 0 Å². The van der Waals surface area contributed by atoms with Gasteiger partial charge in [-0.05, 0) is 6.42 Å². The molecule has 4 rings (SSSR count). The van der Waals surface area contributed by atoms with Gasteiger partial charge in [-0.3, -0.25) is 12.2 Å². The molecule has 0 radical (unpaired) electrons. The summed E-state index contributed by atoms with van der Waals surface area (Å²) in [6, 6.07) is 10.2. The van der Waals surface area contributed by atoms with Crippen LogP contribution < -0.4 is 0 Å². The molecule has 0 aromatic heterocycles. The average molecular weight is 424 g/mol. The number of benzene rings is 1. The van der Waals surface area contributed by atoms with Crippen LogP contribution >= 0.6 is 0 Å². The molecule has 150 valence electrons. The molecular weight excluding hydrogens is 391 g/mol. The Morgan fingerprint density at radius 2 is 1.68 bits per heavy atom. The maximum absolute atomic E-state index is 5.42. The van der Waals surface area contributed by atoms with Crippen molar-refractivity contribution in [1.29, 1.82) is 0 Å². The van der Waals surface area contributed by atoms with Crippen LogP contribution in [0.5, 0.6) is 0 Å². The first-order chi connectivity index (χ1) is 13.8. The van der Waals surface area contributed by atoms with Gasteiger partial charge in [0, 0.05) is 6.61 Å². The Morgan fingerprint density at radius 3 is 1.96 bits per heavy atom. The maximum Gasteiger partial charge on any atom is 0.457 e. The average Bonchev–Trinajstić information content (AvgIpc) is 3.51. The molecule has 1 fully saturated rings. The van der Waals surface area contributed by atoms with Gasteiger partial charge in [0.05, 0.1) is 0 Å². The summed E-state index contributed by atoms with van der Waals surface area (Å²) in [7, 11) is 0. The molecule has 2 aliphatic carbocycles. The molecule has 3 aliphatic rings. The molecule has 1 aromatic carbocycles. The summed E-state index contributed by atoms with van der Waals surface area (Å²) in [5, 5.41) is 1.40. The fourth-order valence-electron chi connectivity index (χ4n) is 2.34. The molecule has 1 aliphatic heterocycles. The minimum Gasteiger partial charge on any atom is -0.501 e. The van der Waals surface area contributed by atoms with Gasteiger partial charge in [0.2, 0.25) is 0 Å². The van der Waals surface area contributed by atoms with E-state index in [9.17, 15) is 0 Å². The molecule has 0 amide bonds. The van der Waals surface area contributed by atoms with E-state index in [2.05, 4.69) is 60.4 Å². The number of rotatable bonds is 2. The van der Waals surface area contributed by atoms with Gasteiger partial charge in [-0.15, -0.1) is 25.0 Å². The number of hydrogen-bond donors (Lipinski definition) is 0. The molecule has 0 saturated carbocycles. The van der Waals surface area contributed by atoms with Crippen molar-refractivity contribution in [3.63, 3.8) is 0 Å². The Hall–Kier alpha value is -0.873. The molecule has 0 spiro atoms. The zero-order chi connectivity index (χ0) is 20.7. The normalized spacial score (nSPS) is 15.0. The van der Waals surface area contributed by atoms with Gasteiger partial charge < -0.3 is 10.7 Å². The van der Waals surface area contributed by atoms with Gasteiger partial charge in [-0.2, -0.15) is 29.8 Å². The van der Waals surface area contributed by atoms with Gasteiger partial charge >= 0.3 is 39.3 Å². The summed E-state index contributed by atoms with van der Waals surface area (Å²) in [6.07, 6.45) is 25.7. The summed E-state index contributed by atoms with van der Waals surface area (Å²) >= 11 is 1.16. The zero-order valence-corrected chi connectivity index (χ0v) is 20.0. The monoisotopic (exact) mass is 424 g/mol. The largest absolute Gasteiger partial charge is 0.501 e. The van der Waals surface area contributed by atoms with Crippen LogP contribution in [0.2, 0.25) is 11.1 Å². The SMILES string of the molecule is [C-]1=CC=CC1.[C-]1=CC=CC1.[CH2-]C[CH-]c1ccccc1.[CH2]=[Ti].[CH3][Al]1[CH2]CCC[O]1. The Balaban J connectivity index is 0.000000346. The smallest absolute Gasteiger partial charge is 0.457 e. The molecule has 0 bridgehead atoms. The van der Waals surface area contributed by atoms with E-state index in [1.165, 1.54) is 23.7 Å². The third kappa shape index (κ3) is 18.5. The van der Waals surface area contributed by atoms with Crippen molar-refractivity contribution in [2.24, 2.45) is 0 Å². The topological polar surface area (TPSA) is 9.23 Å². The standard InChI is InChI=1S/C9H10.2C5H5.C4H8O.CH3.CH2.Al.Ti/c1-2-6-9-7-4-3-5-8-9;2*1-2-4-5-3-1;1-2-3-4-5;;;;/h3-8H,1-2H2;2*1-3H,4H2;1-4H2;1H3;1H2;;/q-2;3*-1;;;+1;. The quantitative estimate of drug-likeness (QED) is 0.391. The van der Waals surface area contributed by atoms with Crippen LogP contribution in [0.25, 0.3) is 0 Å². The van der Waals surface area contributed by atoms with E-state index in [-0.39, 0.29) is 0 Å². The van der Waals surface area contributed by atoms with Crippen LogP contribution in [-0.4, -0.2) is 25.9 Å². The first-order valence-electron chi connectivity index (χ1n) is 9.91. The molecule has 1 nitrogen and oxygen atoms in total. The van der Waals surface area contributed by atoms with E-state index in [1.807, 2.05) is 42.5 Å². The first-order valence-corrected chi connectivity index (χ1v) is 13.5. The molecule has 0 N–H and O–H groups in total. The summed E-state index contributed by atoms with van der Waals surface area (Å²) in [4.78, 5) is 3.25. The van der Waals surface area contributed by atoms with Crippen molar-refractivity contribution in [2.45, 2.75) is 43.2 Å². The first kappa shape index (κ1) is 27.1. The second-order valence-corrected chi connectivity index (χ2v) is 8.62. The van der Waals surface area contributed by atoms with Gasteiger partial charge in [0.15, 0.2) is 0 Å². The van der Waals surface area contributed by atoms with Crippen molar-refractivity contribution in [2.75, 3.05) is 6.61 Å². The molecular formula is C25H33AlOTi-4. The van der Waals surface area contributed by atoms with Crippen molar-refractivity contribution < 1.29 is 23.8 Å². The Bertz CT molecular complexity index is 515. The molecule has 0 atom stereocenters. The summed E-state index contributed by atoms with van der Waals surface area (Å²) in [6.45, 7) is 4.77. The van der Waals surface area contributed by atoms with Gasteiger partial charge in [-0.1, -0.05) is 23.6 Å². The molecule has 3 heteroatoms. The predicted molar refractivity (Wildman–Crippen MR) is 122 cm³/mol. The van der Waals surface area contributed by atoms with Crippen molar-refractivity contribution >= 4 is 19.3 Å². The van der Waals surface area contributed by atoms with Gasteiger partial charge in [0.25, 0.3) is 0 Å². The molecule has 0 unspecified atom stereocenters. The van der Waals surface area contributed by atoms with E-state index in [0.29, 0.717) is 0 Å². The molecule has 1 saturated heterocycles. The molecule has 28 heavy (non-hydrogen) atoms. The van der Waals surface area contributed by atoms with E-state index < -0.39 is 14.5 Å². The zero-order valence-electron chi connectivity index (χ0n) is 17.3. The third-order valence-corrected chi connectivity index (χ3v) is 5.78. The molecule has 1 heterocycles. The Labute approximate surface area is 189 Å². The van der Waals surface area contributed by atoms with Crippen LogP contribution in [0.15, 0.2) is 66.8 Å². The van der Waals surface area contributed by atoms with Crippen LogP contribution in [0.1, 0.15) is 37.7 Å². The van der Waals surface area contributed by atoms with Gasteiger partial charge in [0.1, 0.15) is 0 Å².